The lowest BCUT2D eigenvalue weighted by Crippen LogP contribution is -2.46. The fraction of sp³-hybridized carbons (Fsp3) is 0.789. The van der Waals surface area contributed by atoms with E-state index in [0.29, 0.717) is 19.3 Å². The van der Waals surface area contributed by atoms with Crippen molar-refractivity contribution in [3.05, 3.63) is 60.8 Å². The van der Waals surface area contributed by atoms with Gasteiger partial charge in [0.1, 0.15) is 6.10 Å². The summed E-state index contributed by atoms with van der Waals surface area (Å²) in [5.41, 5.74) is 0. The maximum Gasteiger partial charge on any atom is 0.306 e. The molecule has 0 aliphatic carbocycles. The molecule has 0 saturated carbocycles. The van der Waals surface area contributed by atoms with Crippen LogP contribution in [0.5, 0.6) is 0 Å². The molecule has 366 valence electrons. The van der Waals surface area contributed by atoms with Crippen molar-refractivity contribution in [2.75, 3.05) is 6.61 Å². The molecule has 0 radical (unpaired) electrons. The van der Waals surface area contributed by atoms with Gasteiger partial charge >= 0.3 is 5.97 Å². The minimum Gasteiger partial charge on any atom is -0.461 e. The molecular weight excluding hydrogens is 779 g/mol. The molecule has 0 aromatic rings. The molecule has 0 aromatic heterocycles. The highest BCUT2D eigenvalue weighted by molar-refractivity contribution is 5.77. The average Bonchev–Trinajstić information content (AvgIpc) is 3.28. The topological polar surface area (TPSA) is 95.9 Å². The molecule has 0 spiro atoms. The normalized spacial score (nSPS) is 13.7. The van der Waals surface area contributed by atoms with Gasteiger partial charge in [0, 0.05) is 12.8 Å². The number of hydrogen-bond donors (Lipinski definition) is 3. The summed E-state index contributed by atoms with van der Waals surface area (Å²) >= 11 is 0. The van der Waals surface area contributed by atoms with Crippen LogP contribution in [-0.2, 0) is 14.3 Å². The Morgan fingerprint density at radius 1 is 0.476 bits per heavy atom. The third-order valence-corrected chi connectivity index (χ3v) is 12.2. The van der Waals surface area contributed by atoms with Gasteiger partial charge in [0.15, 0.2) is 0 Å². The van der Waals surface area contributed by atoms with E-state index in [0.717, 1.165) is 44.9 Å². The summed E-state index contributed by atoms with van der Waals surface area (Å²) in [7, 11) is 0. The minimum atomic E-state index is -0.818. The van der Waals surface area contributed by atoms with Crippen molar-refractivity contribution < 1.29 is 24.5 Å². The van der Waals surface area contributed by atoms with E-state index in [1.165, 1.54) is 173 Å². The maximum absolute atomic E-state index is 13.2. The Hall–Kier alpha value is -2.44. The van der Waals surface area contributed by atoms with Crippen LogP contribution in [0.1, 0.15) is 265 Å². The average molecular weight is 882 g/mol. The number of amides is 1. The molecule has 6 nitrogen and oxygen atoms in total. The summed E-state index contributed by atoms with van der Waals surface area (Å²) in [5.74, 6) is -0.599. The lowest BCUT2D eigenvalue weighted by atomic mass is 10.0. The number of nitrogens with one attached hydrogen (secondary N) is 1. The molecule has 63 heavy (non-hydrogen) atoms. The van der Waals surface area contributed by atoms with E-state index in [2.05, 4.69) is 32.2 Å². The standard InChI is InChI=1S/C57H103NO5/c1-4-7-10-13-16-19-22-24-26-28-29-31-34-37-40-43-46-49-55(60)54(52-59)58-56(61)51-53(48-45-42-39-36-33-21-18-15-12-9-6-3)63-57(62)50-47-44-41-38-35-32-30-27-25-23-20-17-14-11-8-5-2/h9,12,15,18,21,33,36,39,42,45,53-55,59-60H,4-8,10-11,13-14,16-17,19-20,22-32,34-35,37-38,40-41,43-44,46-52H2,1-3H3,(H,58,61)/b12-9+,18-15+,33-21-,39-36-,45-42+. The molecule has 0 heterocycles. The van der Waals surface area contributed by atoms with Crippen molar-refractivity contribution in [3.8, 4) is 0 Å². The number of hydrogen-bond acceptors (Lipinski definition) is 5. The zero-order chi connectivity index (χ0) is 45.9. The molecule has 3 atom stereocenters. The second-order valence-corrected chi connectivity index (χ2v) is 18.4. The van der Waals surface area contributed by atoms with Gasteiger partial charge in [-0.2, -0.15) is 0 Å². The molecule has 6 heteroatoms. The first kappa shape index (κ1) is 60.6. The Balaban J connectivity index is 4.54. The van der Waals surface area contributed by atoms with E-state index in [-0.39, 0.29) is 24.9 Å². The largest absolute Gasteiger partial charge is 0.461 e. The smallest absolute Gasteiger partial charge is 0.306 e. The van der Waals surface area contributed by atoms with Gasteiger partial charge in [0.2, 0.25) is 5.91 Å². The number of rotatable bonds is 48. The van der Waals surface area contributed by atoms with Crippen LogP contribution in [-0.4, -0.2) is 46.9 Å². The molecule has 0 aromatic carbocycles. The summed E-state index contributed by atoms with van der Waals surface area (Å²) in [5, 5.41) is 23.8. The van der Waals surface area contributed by atoms with Crippen molar-refractivity contribution in [3.63, 3.8) is 0 Å². The Morgan fingerprint density at radius 2 is 0.825 bits per heavy atom. The molecule has 0 fully saturated rings. The van der Waals surface area contributed by atoms with Crippen LogP contribution in [0.2, 0.25) is 0 Å². The van der Waals surface area contributed by atoms with Crippen molar-refractivity contribution in [1.82, 2.24) is 5.32 Å². The second-order valence-electron chi connectivity index (χ2n) is 18.4. The summed E-state index contributed by atoms with van der Waals surface area (Å²) in [6.07, 6.45) is 63.2. The molecule has 3 N–H and O–H groups in total. The third-order valence-electron chi connectivity index (χ3n) is 12.2. The van der Waals surface area contributed by atoms with Crippen LogP contribution in [0, 0.1) is 0 Å². The van der Waals surface area contributed by atoms with Crippen LogP contribution in [0.4, 0.5) is 0 Å². The van der Waals surface area contributed by atoms with Crippen LogP contribution < -0.4 is 5.32 Å². The number of aliphatic hydroxyl groups excluding tert-OH is 2. The van der Waals surface area contributed by atoms with Gasteiger partial charge in [-0.3, -0.25) is 9.59 Å². The highest BCUT2D eigenvalue weighted by Crippen LogP contribution is 2.17. The zero-order valence-corrected chi connectivity index (χ0v) is 41.7. The molecule has 3 unspecified atom stereocenters. The Bertz CT molecular complexity index is 1130. The van der Waals surface area contributed by atoms with E-state index in [1.54, 1.807) is 0 Å². The van der Waals surface area contributed by atoms with Gasteiger partial charge in [0.05, 0.1) is 25.2 Å². The van der Waals surface area contributed by atoms with E-state index >= 15 is 0 Å². The Kier molecular flexibility index (Phi) is 48.6. The number of carbonyl (C=O) groups is 2. The first-order valence-corrected chi connectivity index (χ1v) is 27.1. The zero-order valence-electron chi connectivity index (χ0n) is 41.7. The lowest BCUT2D eigenvalue weighted by molar-refractivity contribution is -0.150. The molecule has 0 aliphatic heterocycles. The number of unbranched alkanes of at least 4 members (excludes halogenated alkanes) is 31. The summed E-state index contributed by atoms with van der Waals surface area (Å²) in [6.45, 7) is 6.32. The third kappa shape index (κ3) is 45.9. The molecule has 0 rings (SSSR count). The summed E-state index contributed by atoms with van der Waals surface area (Å²) < 4.78 is 5.85. The Morgan fingerprint density at radius 3 is 1.21 bits per heavy atom. The molecule has 1 amide bonds. The molecular formula is C57H103NO5. The first-order valence-electron chi connectivity index (χ1n) is 27.1. The van der Waals surface area contributed by atoms with Gasteiger partial charge in [0.25, 0.3) is 0 Å². The van der Waals surface area contributed by atoms with Gasteiger partial charge in [-0.15, -0.1) is 0 Å². The quantitative estimate of drug-likeness (QED) is 0.0321. The van der Waals surface area contributed by atoms with Crippen LogP contribution in [0.15, 0.2) is 60.8 Å². The SMILES string of the molecule is CC/C=C/C=C/C=C\C=C/C=C/CC(CC(=O)NC(CO)C(O)CCCCCCCCCCCCCCCCCCC)OC(=O)CCCCCCCCCCCCCCCCCC. The highest BCUT2D eigenvalue weighted by atomic mass is 16.5. The first-order chi connectivity index (χ1) is 31.0. The van der Waals surface area contributed by atoms with Crippen LogP contribution >= 0.6 is 0 Å². The van der Waals surface area contributed by atoms with Gasteiger partial charge in [-0.25, -0.2) is 0 Å². The Labute approximate surface area is 390 Å². The summed E-state index contributed by atoms with van der Waals surface area (Å²) in [6, 6.07) is -0.739. The monoisotopic (exact) mass is 882 g/mol. The van der Waals surface area contributed by atoms with E-state index in [4.69, 9.17) is 4.74 Å². The molecule has 0 aliphatic rings. The minimum absolute atomic E-state index is 0.0168. The van der Waals surface area contributed by atoms with E-state index < -0.39 is 18.2 Å². The molecule has 0 saturated heterocycles. The summed E-state index contributed by atoms with van der Waals surface area (Å²) in [4.78, 5) is 26.1. The number of allylic oxidation sites excluding steroid dienone is 9. The fourth-order valence-corrected chi connectivity index (χ4v) is 8.16. The van der Waals surface area contributed by atoms with Crippen molar-refractivity contribution in [2.45, 2.75) is 283 Å². The second kappa shape index (κ2) is 50.6. The van der Waals surface area contributed by atoms with Crippen LogP contribution in [0.25, 0.3) is 0 Å². The van der Waals surface area contributed by atoms with E-state index in [1.807, 2.05) is 54.7 Å². The number of aliphatic hydroxyl groups is 2. The van der Waals surface area contributed by atoms with Gasteiger partial charge in [-0.05, 0) is 19.3 Å². The van der Waals surface area contributed by atoms with Gasteiger partial charge in [-0.1, -0.05) is 287 Å². The predicted molar refractivity (Wildman–Crippen MR) is 273 cm³/mol. The van der Waals surface area contributed by atoms with Crippen LogP contribution in [0.3, 0.4) is 0 Å². The number of ether oxygens (including phenoxy) is 1. The lowest BCUT2D eigenvalue weighted by Gasteiger charge is -2.24. The number of carbonyl (C=O) groups excluding carboxylic acids is 2. The van der Waals surface area contributed by atoms with Crippen molar-refractivity contribution >= 4 is 11.9 Å². The molecule has 0 bridgehead atoms. The highest BCUT2D eigenvalue weighted by Gasteiger charge is 2.23. The maximum atomic E-state index is 13.2. The number of esters is 1. The van der Waals surface area contributed by atoms with Gasteiger partial charge < -0.3 is 20.3 Å². The fourth-order valence-electron chi connectivity index (χ4n) is 8.16. The van der Waals surface area contributed by atoms with Crippen molar-refractivity contribution in [1.29, 1.82) is 0 Å². The van der Waals surface area contributed by atoms with E-state index in [9.17, 15) is 19.8 Å². The predicted octanol–water partition coefficient (Wildman–Crippen LogP) is 16.4. The van der Waals surface area contributed by atoms with Crippen molar-refractivity contribution in [2.24, 2.45) is 0 Å².